The average molecular weight is 584 g/mol. The van der Waals surface area contributed by atoms with Crippen molar-refractivity contribution in [2.24, 2.45) is 11.7 Å². The molecule has 0 radical (unpaired) electrons. The van der Waals surface area contributed by atoms with Crippen LogP contribution in [-0.4, -0.2) is 26.9 Å². The molecule has 0 aliphatic heterocycles. The maximum Gasteiger partial charge on any atom is 0.307 e. The van der Waals surface area contributed by atoms with Crippen molar-refractivity contribution in [3.8, 4) is 11.4 Å². The van der Waals surface area contributed by atoms with Crippen LogP contribution in [0, 0.1) is 5.92 Å². The van der Waals surface area contributed by atoms with E-state index in [1.54, 1.807) is 6.20 Å². The molecule has 0 bridgehead atoms. The van der Waals surface area contributed by atoms with Crippen LogP contribution in [0.3, 0.4) is 0 Å². The number of fused-ring (bicyclic) bond motifs is 1. The van der Waals surface area contributed by atoms with Gasteiger partial charge in [-0.1, -0.05) is 98.1 Å². The second-order valence-electron chi connectivity index (χ2n) is 9.62. The molecule has 42 heavy (non-hydrogen) atoms. The van der Waals surface area contributed by atoms with Crippen molar-refractivity contribution in [1.29, 1.82) is 0 Å². The number of aliphatic carboxylic acids is 1. The van der Waals surface area contributed by atoms with Crippen LogP contribution in [0.4, 0.5) is 0 Å². The second-order valence-corrected chi connectivity index (χ2v) is 9.62. The molecule has 0 saturated carbocycles. The van der Waals surface area contributed by atoms with Crippen LogP contribution in [0.15, 0.2) is 48.3 Å². The lowest BCUT2D eigenvalue weighted by atomic mass is 9.85. The van der Waals surface area contributed by atoms with Crippen LogP contribution in [0.2, 0.25) is 0 Å². The largest absolute Gasteiger partial charge is 0.481 e. The maximum atomic E-state index is 11.6. The number of hydrogen-bond donors (Lipinski definition) is 2. The normalized spacial score (nSPS) is 13.4. The Bertz CT molecular complexity index is 1040. The molecule has 1 aromatic carbocycles. The highest BCUT2D eigenvalue weighted by Crippen LogP contribution is 2.41. The summed E-state index contributed by atoms with van der Waals surface area (Å²) in [7, 11) is 0. The van der Waals surface area contributed by atoms with Crippen molar-refractivity contribution in [3.63, 3.8) is 0 Å². The summed E-state index contributed by atoms with van der Waals surface area (Å²) in [4.78, 5) is 27.3. The number of nitrogens with two attached hydrogens (primary N) is 1. The lowest BCUT2D eigenvalue weighted by molar-refractivity contribution is -0.142. The fourth-order valence-corrected chi connectivity index (χ4v) is 4.75. The molecule has 1 aliphatic carbocycles. The maximum absolute atomic E-state index is 11.6. The van der Waals surface area contributed by atoms with Gasteiger partial charge in [0.25, 0.3) is 0 Å². The van der Waals surface area contributed by atoms with E-state index in [1.165, 1.54) is 11.1 Å². The number of allylic oxidation sites excluding steroid dienone is 3. The topological polar surface area (TPSA) is 98.2 Å². The van der Waals surface area contributed by atoms with E-state index in [2.05, 4.69) is 42.5 Å². The summed E-state index contributed by atoms with van der Waals surface area (Å²) in [6.07, 6.45) is 16.3. The number of aromatic nitrogens is 2. The Hall–Kier alpha value is -3.15. The molecule has 3 rings (SSSR count). The molecule has 0 spiro atoms. The summed E-state index contributed by atoms with van der Waals surface area (Å²) in [5, 5.41) is 9.51. The van der Waals surface area contributed by atoms with E-state index in [1.807, 2.05) is 72.9 Å². The summed E-state index contributed by atoms with van der Waals surface area (Å²) in [5.74, 6) is -0.118. The summed E-state index contributed by atoms with van der Waals surface area (Å²) in [6.45, 7) is 21.2. The predicted octanol–water partition coefficient (Wildman–Crippen LogP) is 9.98. The quantitative estimate of drug-likeness (QED) is 0.156. The summed E-state index contributed by atoms with van der Waals surface area (Å²) < 4.78 is 2.07. The minimum atomic E-state index is -0.707. The Kier molecular flexibility index (Phi) is 24.9. The SMILES string of the molecule is C/C=C/C.CC.CC.CCC(=CN)CC.CCCCCn1cc(C=O)nc1-c1ccc2c(c1)CCC2C(CC)C(=O)O. The molecule has 6 heteroatoms. The van der Waals surface area contributed by atoms with Gasteiger partial charge in [-0.25, -0.2) is 4.98 Å². The number of aryl methyl sites for hydroxylation is 2. The van der Waals surface area contributed by atoms with E-state index >= 15 is 0 Å². The van der Waals surface area contributed by atoms with Crippen LogP contribution in [0.25, 0.3) is 11.4 Å². The van der Waals surface area contributed by atoms with Gasteiger partial charge in [0.15, 0.2) is 6.29 Å². The molecule has 0 saturated heterocycles. The lowest BCUT2D eigenvalue weighted by Gasteiger charge is -2.19. The van der Waals surface area contributed by atoms with E-state index in [0.717, 1.165) is 74.7 Å². The third kappa shape index (κ3) is 13.7. The number of nitrogens with zero attached hydrogens (tertiary/aromatic N) is 2. The van der Waals surface area contributed by atoms with Gasteiger partial charge in [0.05, 0.1) is 5.92 Å². The number of hydrogen-bond acceptors (Lipinski definition) is 4. The highest BCUT2D eigenvalue weighted by Gasteiger charge is 2.33. The standard InChI is InChI=1S/C22H28N2O3.C6H13N.C4H8.2C2H6/c1-3-5-6-11-24-13-17(14-25)23-21(24)16-8-9-19-15(12-16)7-10-20(19)18(4-2)22(26)27;1-3-6(4-2)5-7;1-3-4-2;2*1-2/h8-9,12-14,18,20H,3-7,10-11H2,1-2H3,(H,26,27);5H,3-4,7H2,1-2H3;3-4H,1-2H3;2*1-2H3/b;;4-3+;;. The van der Waals surface area contributed by atoms with Crippen LogP contribution >= 0.6 is 0 Å². The molecule has 1 aromatic heterocycles. The first-order valence-corrected chi connectivity index (χ1v) is 16.2. The number of carbonyl (C=O) groups is 2. The highest BCUT2D eigenvalue weighted by atomic mass is 16.4. The number of rotatable bonds is 11. The third-order valence-electron chi connectivity index (χ3n) is 7.16. The molecular weight excluding hydrogens is 522 g/mol. The number of carboxylic acids is 1. The van der Waals surface area contributed by atoms with Gasteiger partial charge < -0.3 is 15.4 Å². The Labute approximate surface area is 257 Å². The van der Waals surface area contributed by atoms with E-state index in [9.17, 15) is 14.7 Å². The van der Waals surface area contributed by atoms with Crippen LogP contribution in [0.5, 0.6) is 0 Å². The number of benzene rings is 1. The predicted molar refractivity (Wildman–Crippen MR) is 181 cm³/mol. The van der Waals surface area contributed by atoms with E-state index in [0.29, 0.717) is 12.1 Å². The first-order valence-electron chi connectivity index (χ1n) is 16.2. The average Bonchev–Trinajstić information content (AvgIpc) is 3.65. The van der Waals surface area contributed by atoms with Gasteiger partial charge >= 0.3 is 5.97 Å². The molecule has 2 aromatic rings. The van der Waals surface area contributed by atoms with Crippen LogP contribution in [0.1, 0.15) is 142 Å². The Morgan fingerprint density at radius 3 is 2.12 bits per heavy atom. The fourth-order valence-electron chi connectivity index (χ4n) is 4.75. The monoisotopic (exact) mass is 583 g/mol. The van der Waals surface area contributed by atoms with Crippen molar-refractivity contribution < 1.29 is 14.7 Å². The van der Waals surface area contributed by atoms with Crippen molar-refractivity contribution in [2.75, 3.05) is 0 Å². The van der Waals surface area contributed by atoms with Crippen molar-refractivity contribution >= 4 is 12.3 Å². The van der Waals surface area contributed by atoms with Gasteiger partial charge in [-0.15, -0.1) is 0 Å². The zero-order chi connectivity index (χ0) is 32.5. The number of imidazole rings is 1. The van der Waals surface area contributed by atoms with Crippen molar-refractivity contribution in [1.82, 2.24) is 9.55 Å². The highest BCUT2D eigenvalue weighted by molar-refractivity contribution is 5.74. The third-order valence-corrected chi connectivity index (χ3v) is 7.16. The van der Waals surface area contributed by atoms with Gasteiger partial charge in [0, 0.05) is 18.3 Å². The number of unbranched alkanes of at least 4 members (excludes halogenated alkanes) is 2. The minimum Gasteiger partial charge on any atom is -0.481 e. The second kappa shape index (κ2) is 25.6. The van der Waals surface area contributed by atoms with Gasteiger partial charge in [-0.05, 0) is 81.7 Å². The molecule has 2 unspecified atom stereocenters. The number of aldehydes is 1. The first-order chi connectivity index (χ1) is 20.3. The van der Waals surface area contributed by atoms with E-state index in [4.69, 9.17) is 5.73 Å². The summed E-state index contributed by atoms with van der Waals surface area (Å²) in [5.41, 5.74) is 10.4. The zero-order valence-electron chi connectivity index (χ0n) is 28.4. The minimum absolute atomic E-state index is 0.0892. The molecule has 6 nitrogen and oxygen atoms in total. The molecule has 2 atom stereocenters. The molecular formula is C36H61N3O3. The molecule has 238 valence electrons. The molecule has 1 heterocycles. The van der Waals surface area contributed by atoms with Gasteiger partial charge in [-0.3, -0.25) is 9.59 Å². The van der Waals surface area contributed by atoms with Gasteiger partial charge in [0.2, 0.25) is 0 Å². The molecule has 1 aliphatic rings. The smallest absolute Gasteiger partial charge is 0.307 e. The van der Waals surface area contributed by atoms with E-state index < -0.39 is 5.97 Å². The summed E-state index contributed by atoms with van der Waals surface area (Å²) >= 11 is 0. The summed E-state index contributed by atoms with van der Waals surface area (Å²) in [6, 6.07) is 6.23. The van der Waals surface area contributed by atoms with E-state index in [-0.39, 0.29) is 11.8 Å². The Balaban J connectivity index is 0. The fraction of sp³-hybridized carbons (Fsp3) is 0.583. The Morgan fingerprint density at radius 2 is 1.69 bits per heavy atom. The zero-order valence-corrected chi connectivity index (χ0v) is 28.4. The van der Waals surface area contributed by atoms with Crippen LogP contribution < -0.4 is 5.73 Å². The first kappa shape index (κ1) is 41.0. The molecule has 3 N–H and O–H groups in total. The number of carbonyl (C=O) groups excluding carboxylic acids is 1. The van der Waals surface area contributed by atoms with Crippen LogP contribution in [-0.2, 0) is 17.8 Å². The van der Waals surface area contributed by atoms with Crippen molar-refractivity contribution in [2.45, 2.75) is 133 Å². The van der Waals surface area contributed by atoms with Crippen molar-refractivity contribution in [3.05, 3.63) is 65.1 Å². The van der Waals surface area contributed by atoms with Gasteiger partial charge in [-0.2, -0.15) is 0 Å². The molecule has 0 fully saturated rings. The van der Waals surface area contributed by atoms with Gasteiger partial charge in [0.1, 0.15) is 11.5 Å². The number of carboxylic acid groups (broad SMARTS) is 1. The lowest BCUT2D eigenvalue weighted by Crippen LogP contribution is -2.19. The molecule has 0 amide bonds. The Morgan fingerprint density at radius 1 is 1.07 bits per heavy atom.